The van der Waals surface area contributed by atoms with Crippen LogP contribution in [0.5, 0.6) is 0 Å². The van der Waals surface area contributed by atoms with Crippen LogP contribution in [0.2, 0.25) is 0 Å². The molecule has 3 aromatic heterocycles. The first-order valence-electron chi connectivity index (χ1n) is 10.9. The number of hydrogen-bond acceptors (Lipinski definition) is 7. The summed E-state index contributed by atoms with van der Waals surface area (Å²) in [6.45, 7) is 7.43. The van der Waals surface area contributed by atoms with Gasteiger partial charge in [0.05, 0.1) is 28.8 Å². The third-order valence-corrected chi connectivity index (χ3v) is 7.67. The Kier molecular flexibility index (Phi) is 5.86. The van der Waals surface area contributed by atoms with Crippen molar-refractivity contribution >= 4 is 56.5 Å². The Morgan fingerprint density at radius 3 is 2.80 bits per heavy atom. The van der Waals surface area contributed by atoms with E-state index in [4.69, 9.17) is 9.40 Å². The molecule has 10 heteroatoms. The molecular formula is C25H22N4O4S2. The van der Waals surface area contributed by atoms with E-state index in [0.717, 1.165) is 0 Å². The van der Waals surface area contributed by atoms with Crippen LogP contribution in [0.3, 0.4) is 0 Å². The van der Waals surface area contributed by atoms with Crippen LogP contribution in [-0.4, -0.2) is 32.7 Å². The van der Waals surface area contributed by atoms with Gasteiger partial charge in [0.15, 0.2) is 5.16 Å². The Labute approximate surface area is 209 Å². The van der Waals surface area contributed by atoms with Crippen LogP contribution in [0.25, 0.3) is 21.5 Å². The van der Waals surface area contributed by atoms with Gasteiger partial charge in [-0.1, -0.05) is 30.0 Å². The Hall–Kier alpha value is -3.63. The van der Waals surface area contributed by atoms with E-state index in [2.05, 4.69) is 11.9 Å². The number of nitrogens with zero attached hydrogens (tertiary/aromatic N) is 3. The van der Waals surface area contributed by atoms with Gasteiger partial charge in [-0.25, -0.2) is 4.98 Å². The second-order valence-corrected chi connectivity index (χ2v) is 10.3. The minimum atomic E-state index is -1.07. The van der Waals surface area contributed by atoms with Crippen molar-refractivity contribution in [2.75, 3.05) is 16.0 Å². The maximum atomic E-state index is 13.5. The molecule has 1 aliphatic heterocycles. The second kappa shape index (κ2) is 8.86. The summed E-state index contributed by atoms with van der Waals surface area (Å²) < 4.78 is 7.01. The van der Waals surface area contributed by atoms with Crippen LogP contribution < -0.4 is 15.8 Å². The lowest BCUT2D eigenvalue weighted by Crippen LogP contribution is -2.59. The molecule has 0 fully saturated rings. The van der Waals surface area contributed by atoms with Crippen molar-refractivity contribution in [3.8, 4) is 11.3 Å². The topological polar surface area (TPSA) is 97.4 Å². The Morgan fingerprint density at radius 1 is 1.26 bits per heavy atom. The summed E-state index contributed by atoms with van der Waals surface area (Å²) >= 11 is 2.51. The highest BCUT2D eigenvalue weighted by Gasteiger charge is 2.43. The minimum Gasteiger partial charge on any atom is -0.464 e. The van der Waals surface area contributed by atoms with Crippen molar-refractivity contribution in [1.29, 1.82) is 0 Å². The predicted molar refractivity (Wildman–Crippen MR) is 139 cm³/mol. The van der Waals surface area contributed by atoms with E-state index in [1.165, 1.54) is 32.6 Å². The Balaban J connectivity index is 1.50. The summed E-state index contributed by atoms with van der Waals surface area (Å²) in [5, 5.41) is 5.60. The zero-order valence-corrected chi connectivity index (χ0v) is 20.7. The lowest BCUT2D eigenvalue weighted by molar-refractivity contribution is -0.125. The standard InChI is InChI=1S/C25H22N4O4S2/c1-4-11-28-22(31)20-15(18-10-7-12-33-18)13-34-21(20)27-24(28)35-14-19(30)29-17-9-6-5-8-16(17)26-23(32)25(29,2)3/h4-10,12-13H,1,11,14H2,2-3H3,(H,26,32). The molecule has 0 atom stereocenters. The zero-order valence-electron chi connectivity index (χ0n) is 19.1. The van der Waals surface area contributed by atoms with Gasteiger partial charge in [0.1, 0.15) is 16.1 Å². The van der Waals surface area contributed by atoms with Crippen LogP contribution in [0, 0.1) is 0 Å². The zero-order chi connectivity index (χ0) is 24.7. The summed E-state index contributed by atoms with van der Waals surface area (Å²) in [6, 6.07) is 10.8. The second-order valence-electron chi connectivity index (χ2n) is 8.45. The van der Waals surface area contributed by atoms with Gasteiger partial charge >= 0.3 is 0 Å². The molecule has 1 aromatic carbocycles. The fourth-order valence-corrected chi connectivity index (χ4v) is 5.93. The number of thiophene rings is 1. The van der Waals surface area contributed by atoms with Gasteiger partial charge in [0, 0.05) is 17.5 Å². The van der Waals surface area contributed by atoms with Crippen LogP contribution in [0.15, 0.2) is 75.1 Å². The molecule has 8 nitrogen and oxygen atoms in total. The predicted octanol–water partition coefficient (Wildman–Crippen LogP) is 4.76. The first-order valence-corrected chi connectivity index (χ1v) is 12.7. The molecule has 4 aromatic rings. The lowest BCUT2D eigenvalue weighted by atomic mass is 9.96. The van der Waals surface area contributed by atoms with Crippen LogP contribution in [0.1, 0.15) is 13.8 Å². The number of anilines is 2. The monoisotopic (exact) mass is 506 g/mol. The molecule has 0 radical (unpaired) electrons. The van der Waals surface area contributed by atoms with E-state index in [1.807, 2.05) is 11.4 Å². The number of rotatable bonds is 6. The SMILES string of the molecule is C=CCn1c(SCC(=O)N2c3ccccc3NC(=O)C2(C)C)nc2scc(-c3ccco3)c2c1=O. The molecule has 178 valence electrons. The number of aromatic nitrogens is 2. The summed E-state index contributed by atoms with van der Waals surface area (Å²) in [5.41, 5.74) is 0.616. The van der Waals surface area contributed by atoms with E-state index < -0.39 is 5.54 Å². The summed E-state index contributed by atoms with van der Waals surface area (Å²) in [6.07, 6.45) is 3.18. The van der Waals surface area contributed by atoms with Gasteiger partial charge in [-0.2, -0.15) is 0 Å². The maximum Gasteiger partial charge on any atom is 0.263 e. The number of benzene rings is 1. The maximum absolute atomic E-state index is 13.5. The molecule has 2 amide bonds. The Morgan fingerprint density at radius 2 is 2.06 bits per heavy atom. The highest BCUT2D eigenvalue weighted by molar-refractivity contribution is 7.99. The van der Waals surface area contributed by atoms with Gasteiger partial charge in [-0.3, -0.25) is 23.9 Å². The van der Waals surface area contributed by atoms with Crippen LogP contribution >= 0.6 is 23.1 Å². The number of carbonyl (C=O) groups excluding carboxylic acids is 2. The lowest BCUT2D eigenvalue weighted by Gasteiger charge is -2.42. The number of hydrogen-bond donors (Lipinski definition) is 1. The van der Waals surface area contributed by atoms with E-state index >= 15 is 0 Å². The largest absolute Gasteiger partial charge is 0.464 e. The van der Waals surface area contributed by atoms with Gasteiger partial charge < -0.3 is 9.73 Å². The molecule has 1 aliphatic rings. The fourth-order valence-electron chi connectivity index (χ4n) is 4.11. The molecule has 0 saturated heterocycles. The molecule has 1 N–H and O–H groups in total. The van der Waals surface area contributed by atoms with E-state index in [0.29, 0.717) is 38.1 Å². The Bertz CT molecular complexity index is 1520. The molecule has 4 heterocycles. The summed E-state index contributed by atoms with van der Waals surface area (Å²) in [7, 11) is 0. The van der Waals surface area contributed by atoms with E-state index in [-0.39, 0.29) is 29.7 Å². The summed E-state index contributed by atoms with van der Waals surface area (Å²) in [5.74, 6) is 0.0717. The third-order valence-electron chi connectivity index (χ3n) is 5.84. The number of fused-ring (bicyclic) bond motifs is 2. The van der Waals surface area contributed by atoms with Gasteiger partial charge in [0.2, 0.25) is 11.8 Å². The highest BCUT2D eigenvalue weighted by atomic mass is 32.2. The minimum absolute atomic E-state index is 0.00342. The summed E-state index contributed by atoms with van der Waals surface area (Å²) in [4.78, 5) is 46.4. The van der Waals surface area contributed by atoms with Gasteiger partial charge in [-0.15, -0.1) is 17.9 Å². The van der Waals surface area contributed by atoms with Crippen molar-refractivity contribution in [3.05, 3.63) is 71.1 Å². The molecule has 0 spiro atoms. The molecular weight excluding hydrogens is 484 g/mol. The fraction of sp³-hybridized carbons (Fsp3) is 0.200. The van der Waals surface area contributed by atoms with Crippen LogP contribution in [-0.2, 0) is 16.1 Å². The number of furan rings is 1. The molecule has 35 heavy (non-hydrogen) atoms. The number of carbonyl (C=O) groups is 2. The van der Waals surface area contributed by atoms with Crippen molar-refractivity contribution in [3.63, 3.8) is 0 Å². The molecule has 0 unspecified atom stereocenters. The average molecular weight is 507 g/mol. The highest BCUT2D eigenvalue weighted by Crippen LogP contribution is 2.38. The van der Waals surface area contributed by atoms with Crippen molar-refractivity contribution in [2.45, 2.75) is 31.1 Å². The molecule has 0 aliphatic carbocycles. The number of allylic oxidation sites excluding steroid dienone is 1. The third kappa shape index (κ3) is 3.88. The normalized spacial score (nSPS) is 14.6. The van der Waals surface area contributed by atoms with Gasteiger partial charge in [-0.05, 0) is 38.1 Å². The number of amides is 2. The quantitative estimate of drug-likeness (QED) is 0.230. The van der Waals surface area contributed by atoms with E-state index in [1.54, 1.807) is 56.5 Å². The number of thioether (sulfide) groups is 1. The molecule has 5 rings (SSSR count). The first-order chi connectivity index (χ1) is 16.8. The first kappa shape index (κ1) is 23.1. The average Bonchev–Trinajstić information content (AvgIpc) is 3.50. The van der Waals surface area contributed by atoms with Gasteiger partial charge in [0.25, 0.3) is 5.56 Å². The van der Waals surface area contributed by atoms with E-state index in [9.17, 15) is 14.4 Å². The molecule has 0 bridgehead atoms. The van der Waals surface area contributed by atoms with Crippen molar-refractivity contribution < 1.29 is 14.0 Å². The smallest absolute Gasteiger partial charge is 0.263 e. The van der Waals surface area contributed by atoms with Crippen molar-refractivity contribution in [1.82, 2.24) is 9.55 Å². The number of para-hydroxylation sites is 2. The van der Waals surface area contributed by atoms with Crippen molar-refractivity contribution in [2.24, 2.45) is 0 Å². The molecule has 0 saturated carbocycles. The number of nitrogens with one attached hydrogen (secondary N) is 1. The van der Waals surface area contributed by atoms with Crippen LogP contribution in [0.4, 0.5) is 11.4 Å².